The lowest BCUT2D eigenvalue weighted by atomic mass is 10.2. The van der Waals surface area contributed by atoms with Crippen molar-refractivity contribution in [2.75, 3.05) is 11.9 Å². The van der Waals surface area contributed by atoms with Crippen molar-refractivity contribution in [2.24, 2.45) is 0 Å². The van der Waals surface area contributed by atoms with Gasteiger partial charge in [-0.3, -0.25) is 14.9 Å². The largest absolute Gasteiger partial charge is 0.477 e. The first-order chi connectivity index (χ1) is 12.4. The molecule has 134 valence electrons. The van der Waals surface area contributed by atoms with Gasteiger partial charge in [0.15, 0.2) is 0 Å². The Morgan fingerprint density at radius 2 is 2.19 bits per heavy atom. The number of halogens is 1. The Labute approximate surface area is 156 Å². The number of benzene rings is 1. The van der Waals surface area contributed by atoms with Crippen LogP contribution in [0.3, 0.4) is 0 Å². The zero-order valence-electron chi connectivity index (χ0n) is 13.8. The van der Waals surface area contributed by atoms with Crippen molar-refractivity contribution in [3.63, 3.8) is 0 Å². The Hall–Kier alpha value is -2.78. The molecule has 0 spiro atoms. The van der Waals surface area contributed by atoms with E-state index in [0.29, 0.717) is 33.1 Å². The summed E-state index contributed by atoms with van der Waals surface area (Å²) in [6.45, 7) is 4.07. The molecule has 0 atom stereocenters. The number of aryl methyl sites for hydroxylation is 1. The van der Waals surface area contributed by atoms with E-state index in [-0.39, 0.29) is 16.4 Å². The van der Waals surface area contributed by atoms with Crippen molar-refractivity contribution in [3.05, 3.63) is 50.1 Å². The molecular weight excluding hydrogens is 380 g/mol. The Balaban J connectivity index is 1.96. The van der Waals surface area contributed by atoms with Crippen LogP contribution in [0.1, 0.15) is 22.2 Å². The van der Waals surface area contributed by atoms with Crippen LogP contribution in [0.25, 0.3) is 10.2 Å². The molecule has 10 heteroatoms. The van der Waals surface area contributed by atoms with Gasteiger partial charge in [-0.1, -0.05) is 11.6 Å². The van der Waals surface area contributed by atoms with Crippen LogP contribution in [-0.2, 0) is 0 Å². The number of carbonyl (C=O) groups is 1. The second-order valence-corrected chi connectivity index (χ2v) is 6.63. The SMILES string of the molecule is CCOc1ncnc2sc(C(=O)Nc3ccc(Cl)c([N+](=O)[O-])c3)c(C)c12. The van der Waals surface area contributed by atoms with E-state index in [2.05, 4.69) is 15.3 Å². The first kappa shape index (κ1) is 18.0. The van der Waals surface area contributed by atoms with Crippen molar-refractivity contribution in [1.82, 2.24) is 9.97 Å². The summed E-state index contributed by atoms with van der Waals surface area (Å²) >= 11 is 6.99. The van der Waals surface area contributed by atoms with Crippen LogP contribution in [0.5, 0.6) is 5.88 Å². The molecule has 0 bridgehead atoms. The number of nitro benzene ring substituents is 1. The van der Waals surface area contributed by atoms with Gasteiger partial charge in [0.1, 0.15) is 16.2 Å². The standard InChI is InChI=1S/C16H13ClN4O4S/c1-3-25-15-12-8(2)13(26-16(12)19-7-18-15)14(22)20-9-4-5-10(17)11(6-9)21(23)24/h4-7H,3H2,1-2H3,(H,20,22). The van der Waals surface area contributed by atoms with Crippen LogP contribution in [-0.4, -0.2) is 27.4 Å². The lowest BCUT2D eigenvalue weighted by Crippen LogP contribution is -2.11. The minimum Gasteiger partial charge on any atom is -0.477 e. The van der Waals surface area contributed by atoms with Gasteiger partial charge in [0.05, 0.1) is 21.8 Å². The highest BCUT2D eigenvalue weighted by Gasteiger charge is 2.21. The molecule has 0 saturated heterocycles. The first-order valence-electron chi connectivity index (χ1n) is 7.54. The number of hydrogen-bond donors (Lipinski definition) is 1. The van der Waals surface area contributed by atoms with E-state index in [9.17, 15) is 14.9 Å². The summed E-state index contributed by atoms with van der Waals surface area (Å²) in [5.74, 6) is 0.0250. The highest BCUT2D eigenvalue weighted by Crippen LogP contribution is 2.35. The number of thiophene rings is 1. The molecule has 0 fully saturated rings. The van der Waals surface area contributed by atoms with Crippen molar-refractivity contribution in [1.29, 1.82) is 0 Å². The molecule has 26 heavy (non-hydrogen) atoms. The normalized spacial score (nSPS) is 10.7. The molecule has 0 aliphatic rings. The minimum atomic E-state index is -0.605. The van der Waals surface area contributed by atoms with Crippen molar-refractivity contribution in [3.8, 4) is 5.88 Å². The highest BCUT2D eigenvalue weighted by atomic mass is 35.5. The van der Waals surface area contributed by atoms with Gasteiger partial charge in [-0.25, -0.2) is 9.97 Å². The molecule has 3 aromatic rings. The van der Waals surface area contributed by atoms with Crippen molar-refractivity contribution in [2.45, 2.75) is 13.8 Å². The summed E-state index contributed by atoms with van der Waals surface area (Å²) in [5, 5.41) is 14.3. The molecular formula is C16H13ClN4O4S. The average molecular weight is 393 g/mol. The van der Waals surface area contributed by atoms with Gasteiger partial charge < -0.3 is 10.1 Å². The fourth-order valence-corrected chi connectivity index (χ4v) is 3.64. The third-order valence-electron chi connectivity index (χ3n) is 3.58. The van der Waals surface area contributed by atoms with E-state index in [1.807, 2.05) is 6.92 Å². The third-order valence-corrected chi connectivity index (χ3v) is 5.10. The van der Waals surface area contributed by atoms with Gasteiger partial charge in [0.25, 0.3) is 11.6 Å². The molecule has 0 aliphatic heterocycles. The number of carbonyl (C=O) groups excluding carboxylic acids is 1. The number of anilines is 1. The molecule has 0 aliphatic carbocycles. The van der Waals surface area contributed by atoms with Gasteiger partial charge in [-0.2, -0.15) is 0 Å². The second-order valence-electron chi connectivity index (χ2n) is 5.23. The average Bonchev–Trinajstić information content (AvgIpc) is 2.94. The highest BCUT2D eigenvalue weighted by molar-refractivity contribution is 7.20. The molecule has 1 N–H and O–H groups in total. The van der Waals surface area contributed by atoms with Gasteiger partial charge in [0.2, 0.25) is 5.88 Å². The van der Waals surface area contributed by atoms with Gasteiger partial charge >= 0.3 is 0 Å². The molecule has 8 nitrogen and oxygen atoms in total. The first-order valence-corrected chi connectivity index (χ1v) is 8.74. The number of nitrogens with zero attached hydrogens (tertiary/aromatic N) is 3. The molecule has 0 radical (unpaired) electrons. The van der Waals surface area contributed by atoms with Gasteiger partial charge in [-0.05, 0) is 31.5 Å². The predicted octanol–water partition coefficient (Wildman–Crippen LogP) is 4.21. The number of hydrogen-bond acceptors (Lipinski definition) is 7. The van der Waals surface area contributed by atoms with E-state index < -0.39 is 10.8 Å². The number of rotatable bonds is 5. The quantitative estimate of drug-likeness (QED) is 0.514. The van der Waals surface area contributed by atoms with Gasteiger partial charge in [0, 0.05) is 11.8 Å². The number of nitrogens with one attached hydrogen (secondary N) is 1. The van der Waals surface area contributed by atoms with Crippen LogP contribution >= 0.6 is 22.9 Å². The predicted molar refractivity (Wildman–Crippen MR) is 99.4 cm³/mol. The van der Waals surface area contributed by atoms with Crippen molar-refractivity contribution < 1.29 is 14.5 Å². The Morgan fingerprint density at radius 1 is 1.42 bits per heavy atom. The second kappa shape index (κ2) is 7.22. The third kappa shape index (κ3) is 3.31. The summed E-state index contributed by atoms with van der Waals surface area (Å²) < 4.78 is 5.50. The summed E-state index contributed by atoms with van der Waals surface area (Å²) in [6.07, 6.45) is 1.38. The summed E-state index contributed by atoms with van der Waals surface area (Å²) in [7, 11) is 0. The van der Waals surface area contributed by atoms with E-state index in [1.54, 1.807) is 6.92 Å². The molecule has 1 aromatic carbocycles. The Bertz CT molecular complexity index is 1020. The van der Waals surface area contributed by atoms with Crippen LogP contribution in [0, 0.1) is 17.0 Å². The lowest BCUT2D eigenvalue weighted by molar-refractivity contribution is -0.384. The summed E-state index contributed by atoms with van der Waals surface area (Å²) in [4.78, 5) is 32.4. The Morgan fingerprint density at radius 3 is 2.88 bits per heavy atom. The Kier molecular flexibility index (Phi) is 5.01. The van der Waals surface area contributed by atoms with Crippen LogP contribution in [0.2, 0.25) is 5.02 Å². The molecule has 3 rings (SSSR count). The fraction of sp³-hybridized carbons (Fsp3) is 0.188. The number of ether oxygens (including phenoxy) is 1. The van der Waals surface area contributed by atoms with Crippen LogP contribution in [0.15, 0.2) is 24.5 Å². The lowest BCUT2D eigenvalue weighted by Gasteiger charge is -2.06. The maximum absolute atomic E-state index is 12.6. The number of nitro groups is 1. The smallest absolute Gasteiger partial charge is 0.289 e. The summed E-state index contributed by atoms with van der Waals surface area (Å²) in [6, 6.07) is 4.08. The van der Waals surface area contributed by atoms with Crippen LogP contribution < -0.4 is 10.1 Å². The number of amides is 1. The van der Waals surface area contributed by atoms with E-state index in [0.717, 1.165) is 0 Å². The number of fused-ring (bicyclic) bond motifs is 1. The molecule has 1 amide bonds. The van der Waals surface area contributed by atoms with Crippen LogP contribution in [0.4, 0.5) is 11.4 Å². The maximum atomic E-state index is 12.6. The van der Waals surface area contributed by atoms with Crippen molar-refractivity contribution >= 4 is 50.4 Å². The molecule has 2 heterocycles. The van der Waals surface area contributed by atoms with E-state index in [4.69, 9.17) is 16.3 Å². The topological polar surface area (TPSA) is 107 Å². The zero-order chi connectivity index (χ0) is 18.8. The zero-order valence-corrected chi connectivity index (χ0v) is 15.3. The molecule has 2 aromatic heterocycles. The molecule has 0 saturated carbocycles. The fourth-order valence-electron chi connectivity index (χ4n) is 2.42. The van der Waals surface area contributed by atoms with Gasteiger partial charge in [-0.15, -0.1) is 11.3 Å². The minimum absolute atomic E-state index is 0.00247. The van der Waals surface area contributed by atoms with E-state index in [1.165, 1.54) is 35.9 Å². The summed E-state index contributed by atoms with van der Waals surface area (Å²) in [5.41, 5.74) is 0.691. The monoisotopic (exact) mass is 392 g/mol. The molecule has 0 unspecified atom stereocenters. The maximum Gasteiger partial charge on any atom is 0.289 e. The van der Waals surface area contributed by atoms with E-state index >= 15 is 0 Å². The number of aromatic nitrogens is 2.